The number of amides is 2. The van der Waals surface area contributed by atoms with Crippen LogP contribution in [0.1, 0.15) is 6.92 Å². The fourth-order valence-corrected chi connectivity index (χ4v) is 0.407. The minimum atomic E-state index is -1.37. The summed E-state index contributed by atoms with van der Waals surface area (Å²) < 4.78 is 0. The summed E-state index contributed by atoms with van der Waals surface area (Å²) in [5.74, 6) is -1.37. The number of aliphatic carboxylic acids is 1. The second-order valence-corrected chi connectivity index (χ2v) is 1.64. The molecule has 0 aliphatic heterocycles. The van der Waals surface area contributed by atoms with Gasteiger partial charge in [0.25, 0.3) is 0 Å². The van der Waals surface area contributed by atoms with Crippen LogP contribution in [0.5, 0.6) is 0 Å². The van der Waals surface area contributed by atoms with Crippen LogP contribution in [0, 0.1) is 0 Å². The molecule has 2 amide bonds. The number of carbonyl (C=O) groups excluding carboxylic acids is 2. The van der Waals surface area contributed by atoms with E-state index in [-0.39, 0.29) is 35.3 Å². The Balaban J connectivity index is 0. The topological polar surface area (TPSA) is 95.2 Å². The molecule has 0 fully saturated rings. The van der Waals surface area contributed by atoms with E-state index in [0.29, 0.717) is 0 Å². The van der Waals surface area contributed by atoms with Crippen LogP contribution in [0.15, 0.2) is 11.8 Å². The van der Waals surface area contributed by atoms with E-state index in [1.807, 2.05) is 0 Å². The molecule has 0 aromatic carbocycles. The number of carboxylic acids is 1. The van der Waals surface area contributed by atoms with Gasteiger partial charge < -0.3 is 21.0 Å². The molecule has 0 rings (SSSR count). The summed E-state index contributed by atoms with van der Waals surface area (Å²) in [6.07, 6.45) is 0.741. The molecule has 0 spiro atoms. The molecule has 0 saturated heterocycles. The smallest absolute Gasteiger partial charge is 0.545 e. The minimum absolute atomic E-state index is 0. The fourth-order valence-electron chi connectivity index (χ4n) is 0.407. The zero-order valence-corrected chi connectivity index (χ0v) is 8.38. The predicted molar refractivity (Wildman–Crippen MR) is 31.5 cm³/mol. The molecule has 0 saturated carbocycles. The van der Waals surface area contributed by atoms with E-state index < -0.39 is 12.0 Å². The third kappa shape index (κ3) is 9.48. The molecule has 5 nitrogen and oxygen atoms in total. The van der Waals surface area contributed by atoms with E-state index in [1.54, 1.807) is 0 Å². The molecule has 0 radical (unpaired) electrons. The predicted octanol–water partition coefficient (Wildman–Crippen LogP) is -4.69. The monoisotopic (exact) mass is 166 g/mol. The number of nitrogens with one attached hydrogen (secondary N) is 1. The summed E-state index contributed by atoms with van der Waals surface area (Å²) in [5.41, 5.74) is 4.81. The number of allylic oxidation sites excluding steroid dienone is 1. The summed E-state index contributed by atoms with van der Waals surface area (Å²) in [4.78, 5) is 19.9. The molecule has 6 heteroatoms. The molecule has 3 N–H and O–H groups in total. The molecule has 11 heavy (non-hydrogen) atoms. The van der Waals surface area contributed by atoms with Gasteiger partial charge in [-0.15, -0.1) is 0 Å². The van der Waals surface area contributed by atoms with Crippen LogP contribution in [0.2, 0.25) is 0 Å². The zero-order chi connectivity index (χ0) is 8.15. The second-order valence-electron chi connectivity index (χ2n) is 1.64. The van der Waals surface area contributed by atoms with Crippen LogP contribution in [-0.4, -0.2) is 12.0 Å². The van der Waals surface area contributed by atoms with Crippen molar-refractivity contribution in [2.75, 3.05) is 0 Å². The van der Waals surface area contributed by atoms with Crippen molar-refractivity contribution in [2.24, 2.45) is 5.73 Å². The maximum absolute atomic E-state index is 10.0. The Morgan fingerprint density at radius 1 is 1.55 bits per heavy atom. The molecule has 0 unspecified atom stereocenters. The third-order valence-corrected chi connectivity index (χ3v) is 0.655. The van der Waals surface area contributed by atoms with Gasteiger partial charge in [-0.1, -0.05) is 0 Å². The van der Waals surface area contributed by atoms with Gasteiger partial charge in [-0.2, -0.15) is 0 Å². The van der Waals surface area contributed by atoms with Gasteiger partial charge in [0.15, 0.2) is 0 Å². The van der Waals surface area contributed by atoms with Gasteiger partial charge in [0.1, 0.15) is 0 Å². The molecule has 0 heterocycles. The van der Waals surface area contributed by atoms with Crippen LogP contribution in [0.3, 0.4) is 0 Å². The molecule has 0 aromatic rings. The third-order valence-electron chi connectivity index (χ3n) is 0.655. The van der Waals surface area contributed by atoms with Gasteiger partial charge in [0.05, 0.1) is 5.97 Å². The zero-order valence-electron chi connectivity index (χ0n) is 6.38. The van der Waals surface area contributed by atoms with E-state index in [1.165, 1.54) is 6.92 Å². The summed E-state index contributed by atoms with van der Waals surface area (Å²) in [6, 6.07) is -0.796. The van der Waals surface area contributed by atoms with Crippen molar-refractivity contribution in [3.05, 3.63) is 11.8 Å². The first-order valence-electron chi connectivity index (χ1n) is 2.48. The molecular weight excluding hydrogens is 159 g/mol. The summed E-state index contributed by atoms with van der Waals surface area (Å²) in [5, 5.41) is 11.9. The Labute approximate surface area is 85.9 Å². The molecule has 0 aliphatic rings. The van der Waals surface area contributed by atoms with E-state index in [2.05, 4.69) is 11.1 Å². The van der Waals surface area contributed by atoms with E-state index >= 15 is 0 Å². The van der Waals surface area contributed by atoms with Crippen molar-refractivity contribution in [2.45, 2.75) is 6.92 Å². The number of hydrogen-bond donors (Lipinski definition) is 2. The number of hydrogen-bond acceptors (Lipinski definition) is 3. The van der Waals surface area contributed by atoms with Crippen molar-refractivity contribution in [1.29, 1.82) is 0 Å². The van der Waals surface area contributed by atoms with Crippen LogP contribution in [0.4, 0.5) is 4.79 Å². The van der Waals surface area contributed by atoms with Crippen LogP contribution < -0.4 is 45.7 Å². The van der Waals surface area contributed by atoms with Crippen molar-refractivity contribution in [3.8, 4) is 0 Å². The van der Waals surface area contributed by atoms with Crippen LogP contribution in [0.25, 0.3) is 0 Å². The Morgan fingerprint density at radius 3 is 2.27 bits per heavy atom. The number of carbonyl (C=O) groups is 2. The normalized spacial score (nSPS) is 9.73. The molecule has 0 aromatic heterocycles. The minimum Gasteiger partial charge on any atom is -0.545 e. The van der Waals surface area contributed by atoms with Crippen LogP contribution in [-0.2, 0) is 4.79 Å². The number of rotatable bonds is 2. The van der Waals surface area contributed by atoms with Gasteiger partial charge >= 0.3 is 35.6 Å². The van der Waals surface area contributed by atoms with E-state index in [9.17, 15) is 14.7 Å². The van der Waals surface area contributed by atoms with Gasteiger partial charge in [0.2, 0.25) is 0 Å². The number of carboxylic acid groups (broad SMARTS) is 1. The SMILES string of the molecule is CC(=CC(=O)[O-])NC(N)=O.[Na+]. The molecular formula is C5H7N2NaO3. The summed E-state index contributed by atoms with van der Waals surface area (Å²) in [7, 11) is 0. The van der Waals surface area contributed by atoms with E-state index in [0.717, 1.165) is 6.08 Å². The second kappa shape index (κ2) is 6.21. The molecule has 0 atom stereocenters. The fraction of sp³-hybridized carbons (Fsp3) is 0.200. The maximum atomic E-state index is 10.0. The van der Waals surface area contributed by atoms with Gasteiger partial charge in [0, 0.05) is 5.70 Å². The van der Waals surface area contributed by atoms with Crippen molar-refractivity contribution < 1.29 is 44.3 Å². The molecule has 0 bridgehead atoms. The largest absolute Gasteiger partial charge is 1.00 e. The maximum Gasteiger partial charge on any atom is 1.00 e. The molecule has 0 aliphatic carbocycles. The average molecular weight is 166 g/mol. The van der Waals surface area contributed by atoms with Crippen molar-refractivity contribution >= 4 is 12.0 Å². The Hall–Kier alpha value is -0.520. The van der Waals surface area contributed by atoms with Crippen molar-refractivity contribution in [3.63, 3.8) is 0 Å². The first-order chi connectivity index (χ1) is 4.52. The standard InChI is InChI=1S/C5H8N2O3.Na/c1-3(2-4(8)9)7-5(6)10;/h2H,1H3,(H,8,9)(H3,6,7,10);/q;+1/p-1. The Kier molecular flexibility index (Phi) is 7.39. The van der Waals surface area contributed by atoms with Gasteiger partial charge in [-0.3, -0.25) is 0 Å². The van der Waals surface area contributed by atoms with Gasteiger partial charge in [-0.05, 0) is 13.0 Å². The van der Waals surface area contributed by atoms with E-state index in [4.69, 9.17) is 0 Å². The van der Waals surface area contributed by atoms with Gasteiger partial charge in [-0.25, -0.2) is 4.79 Å². The first kappa shape index (κ1) is 13.1. The number of nitrogens with two attached hydrogens (primary N) is 1. The average Bonchev–Trinajstić information content (AvgIpc) is 1.58. The van der Waals surface area contributed by atoms with Crippen molar-refractivity contribution in [1.82, 2.24) is 5.32 Å². The summed E-state index contributed by atoms with van der Waals surface area (Å²) in [6.45, 7) is 1.39. The Morgan fingerprint density at radius 2 is 2.00 bits per heavy atom. The number of primary amides is 1. The first-order valence-corrected chi connectivity index (χ1v) is 2.48. The molecule has 56 valence electrons. The number of urea groups is 1. The Bertz CT molecular complexity index is 190. The quantitative estimate of drug-likeness (QED) is 0.319. The van der Waals surface area contributed by atoms with Crippen LogP contribution >= 0.6 is 0 Å². The summed E-state index contributed by atoms with van der Waals surface area (Å²) >= 11 is 0.